The Bertz CT molecular complexity index is 3710. The van der Waals surface area contributed by atoms with Gasteiger partial charge in [0.15, 0.2) is 8.32 Å². The molecule has 0 spiro atoms. The summed E-state index contributed by atoms with van der Waals surface area (Å²) in [6.07, 6.45) is 0. The molecular weight excluding hydrogens is 1210 g/mol. The van der Waals surface area contributed by atoms with Crippen molar-refractivity contribution in [3.05, 3.63) is 407 Å². The van der Waals surface area contributed by atoms with Gasteiger partial charge in [-0.15, -0.1) is 0 Å². The average Bonchev–Trinajstić information content (AvgIpc) is 0.797. The van der Waals surface area contributed by atoms with Gasteiger partial charge >= 0.3 is 40.2 Å². The van der Waals surface area contributed by atoms with Crippen LogP contribution in [0.1, 0.15) is 68.1 Å². The molecule has 462 valence electrons. The molecule has 0 fully saturated rings. The molecule has 6 nitrogen and oxygen atoms in total. The first-order chi connectivity index (χ1) is 45.0. The largest absolute Gasteiger partial charge is 0.491 e. The molecule has 0 aliphatic heterocycles. The molecule has 0 heterocycles. The van der Waals surface area contributed by atoms with Gasteiger partial charge in [-0.1, -0.05) is 340 Å². The Kier molecular flexibility index (Phi) is 22.4. The molecule has 0 bridgehead atoms. The summed E-state index contributed by atoms with van der Waals surface area (Å²) in [5.74, 6) is -0.485. The summed E-state index contributed by atoms with van der Waals surface area (Å²) in [4.78, 5) is 15.0. The molecule has 0 atom stereocenters. The molecule has 0 unspecified atom stereocenters. The maximum atomic E-state index is 15.0. The second-order valence-corrected chi connectivity index (χ2v) is 41.7. The van der Waals surface area contributed by atoms with Crippen molar-refractivity contribution in [1.82, 2.24) is 0 Å². The second-order valence-electron chi connectivity index (χ2n) is 24.7. The van der Waals surface area contributed by atoms with Crippen molar-refractivity contribution in [1.29, 1.82) is 0 Å². The van der Waals surface area contributed by atoms with E-state index < -0.39 is 48.5 Å². The Balaban J connectivity index is 1.24. The predicted octanol–water partition coefficient (Wildman–Crippen LogP) is 17.5. The minimum Gasteiger partial charge on any atom is -0.491 e. The van der Waals surface area contributed by atoms with Crippen LogP contribution in [-0.4, -0.2) is 48.5 Å². The lowest BCUT2D eigenvalue weighted by molar-refractivity contribution is -0.132. The lowest BCUT2D eigenvalue weighted by Crippen LogP contribution is -2.71. The van der Waals surface area contributed by atoms with Crippen molar-refractivity contribution in [3.8, 4) is 0 Å². The van der Waals surface area contributed by atoms with Crippen LogP contribution in [0.15, 0.2) is 346 Å². The molecule has 0 aromatic heterocycles. The fraction of sp³-hybridized carbons (Fsp3) is 0.148. The molecule has 11 aromatic rings. The van der Waals surface area contributed by atoms with Crippen molar-refractivity contribution in [2.45, 2.75) is 73.4 Å². The highest BCUT2D eigenvalue weighted by Gasteiger charge is 2.60. The fourth-order valence-corrected chi connectivity index (χ4v) is 42.4. The van der Waals surface area contributed by atoms with Crippen LogP contribution in [-0.2, 0) is 92.2 Å². The standard InChI is InChI=1S/C81H82O6Si5/c1-69(2)81(82)83-89(61-73-42-20-6-21-43-73,62-74-44-22-7-23-45-74)85-91(65-77-50-28-10-29-51-77,66-78-52-30-11-31-53-78)87-92(67-79-54-32-12-33-55-79,68-80-56-34-13-35-57-80)86-90(63-75-46-24-8-25-47-75,64-76-48-26-9-27-49-76)84-88(58-70-36-14-3-15-37-70,59-71-38-16-4-17-39-71)60-72-40-18-5-19-41-72/h3-57H,1,58-68H2,2H3. The third-order valence-electron chi connectivity index (χ3n) is 16.8. The van der Waals surface area contributed by atoms with Gasteiger partial charge in [-0.05, 0) is 86.3 Å². The average molecular weight is 1290 g/mol. The van der Waals surface area contributed by atoms with Gasteiger partial charge < -0.3 is 20.9 Å². The Hall–Kier alpha value is -8.45. The summed E-state index contributed by atoms with van der Waals surface area (Å²) in [5.41, 5.74) is 12.6. The van der Waals surface area contributed by atoms with Gasteiger partial charge in [-0.2, -0.15) is 0 Å². The maximum absolute atomic E-state index is 15.0. The summed E-state index contributed by atoms with van der Waals surface area (Å²) in [6, 6.07) is 124. The Morgan fingerprint density at radius 3 is 0.576 bits per heavy atom. The molecule has 0 saturated heterocycles. The molecule has 0 amide bonds. The van der Waals surface area contributed by atoms with Gasteiger partial charge in [0.05, 0.1) is 0 Å². The first kappa shape index (κ1) is 65.1. The molecule has 11 heteroatoms. The monoisotopic (exact) mass is 1290 g/mol. The molecule has 92 heavy (non-hydrogen) atoms. The van der Waals surface area contributed by atoms with E-state index in [1.165, 1.54) is 16.7 Å². The van der Waals surface area contributed by atoms with Gasteiger partial charge in [-0.25, -0.2) is 4.79 Å². The highest BCUT2D eigenvalue weighted by atomic mass is 28.5. The number of carbonyl (C=O) groups is 1. The smallest absolute Gasteiger partial charge is 0.402 e. The van der Waals surface area contributed by atoms with Crippen LogP contribution in [0.25, 0.3) is 0 Å². The molecule has 11 aromatic carbocycles. The van der Waals surface area contributed by atoms with Gasteiger partial charge in [0, 0.05) is 53.9 Å². The van der Waals surface area contributed by atoms with E-state index in [2.05, 4.69) is 328 Å². The Morgan fingerprint density at radius 2 is 0.391 bits per heavy atom. The van der Waals surface area contributed by atoms with E-state index in [9.17, 15) is 8.91 Å². The van der Waals surface area contributed by atoms with E-state index in [1.54, 1.807) is 6.92 Å². The van der Waals surface area contributed by atoms with E-state index in [0.29, 0.717) is 53.9 Å². The first-order valence-corrected chi connectivity index (χ1v) is 43.6. The fourth-order valence-electron chi connectivity index (χ4n) is 13.0. The van der Waals surface area contributed by atoms with E-state index >= 15 is 0 Å². The Morgan fingerprint density at radius 1 is 0.239 bits per heavy atom. The van der Waals surface area contributed by atoms with Crippen LogP contribution in [0, 0.1) is 0 Å². The molecule has 11 rings (SSSR count). The number of hydrogen-bond acceptors (Lipinski definition) is 6. The van der Waals surface area contributed by atoms with Crippen molar-refractivity contribution < 1.29 is 25.7 Å². The molecule has 0 radical (unpaired) electrons. The van der Waals surface area contributed by atoms with Crippen molar-refractivity contribution >= 4 is 48.5 Å². The van der Waals surface area contributed by atoms with Crippen molar-refractivity contribution in [2.24, 2.45) is 0 Å². The summed E-state index contributed by atoms with van der Waals surface area (Å²) in [6.45, 7) is 5.94. The molecule has 0 aliphatic rings. The van der Waals surface area contributed by atoms with Crippen molar-refractivity contribution in [2.75, 3.05) is 0 Å². The summed E-state index contributed by atoms with van der Waals surface area (Å²) in [5, 5.41) is 0. The van der Waals surface area contributed by atoms with Gasteiger partial charge in [0.25, 0.3) is 0 Å². The van der Waals surface area contributed by atoms with Crippen LogP contribution in [0.4, 0.5) is 0 Å². The van der Waals surface area contributed by atoms with Crippen LogP contribution < -0.4 is 0 Å². The van der Waals surface area contributed by atoms with Crippen LogP contribution in [0.2, 0.25) is 0 Å². The van der Waals surface area contributed by atoms with Gasteiger partial charge in [-0.3, -0.25) is 0 Å². The predicted molar refractivity (Wildman–Crippen MR) is 386 cm³/mol. The number of rotatable bonds is 32. The molecule has 0 aliphatic carbocycles. The van der Waals surface area contributed by atoms with E-state index in [4.69, 9.17) is 16.8 Å². The van der Waals surface area contributed by atoms with E-state index in [0.717, 1.165) is 62.6 Å². The SMILES string of the molecule is C=C(C)C(=O)O[Si](Cc1ccccc1)(Cc1ccccc1)O[Si](Cc1ccccc1)(Cc1ccccc1)O[Si](Cc1ccccc1)(Cc1ccccc1)O[Si](Cc1ccccc1)(Cc1ccccc1)O[Si](Cc1ccccc1)(Cc1ccccc1)Cc1ccccc1. The normalized spacial score (nSPS) is 12.1. The van der Waals surface area contributed by atoms with E-state index in [1.807, 2.05) is 12.1 Å². The summed E-state index contributed by atoms with van der Waals surface area (Å²) >= 11 is 0. The first-order valence-electron chi connectivity index (χ1n) is 32.1. The van der Waals surface area contributed by atoms with Crippen LogP contribution in [0.3, 0.4) is 0 Å². The molecule has 0 saturated carbocycles. The molecule has 0 N–H and O–H groups in total. The minimum absolute atomic E-state index is 0.301. The zero-order valence-corrected chi connectivity index (χ0v) is 57.7. The highest BCUT2D eigenvalue weighted by molar-refractivity contribution is 6.91. The van der Waals surface area contributed by atoms with Gasteiger partial charge in [0.1, 0.15) is 0 Å². The zero-order valence-electron chi connectivity index (χ0n) is 52.7. The maximum Gasteiger partial charge on any atom is 0.402 e. The lowest BCUT2D eigenvalue weighted by Gasteiger charge is -2.50. The number of benzene rings is 11. The second kappa shape index (κ2) is 31.7. The zero-order chi connectivity index (χ0) is 63.2. The topological polar surface area (TPSA) is 63.2 Å². The minimum atomic E-state index is -4.13. The van der Waals surface area contributed by atoms with Crippen molar-refractivity contribution in [3.63, 3.8) is 0 Å². The van der Waals surface area contributed by atoms with Crippen LogP contribution in [0.5, 0.6) is 0 Å². The lowest BCUT2D eigenvalue weighted by atomic mass is 10.2. The molecular formula is C81H82O6Si5. The summed E-state index contributed by atoms with van der Waals surface area (Å²) in [7, 11) is -19.4. The quantitative estimate of drug-likeness (QED) is 0.0309. The van der Waals surface area contributed by atoms with Gasteiger partial charge in [0.2, 0.25) is 0 Å². The number of carbonyl (C=O) groups excluding carboxylic acids is 1. The number of hydrogen-bond donors (Lipinski definition) is 0. The summed E-state index contributed by atoms with van der Waals surface area (Å²) < 4.78 is 43.4. The third kappa shape index (κ3) is 18.9. The van der Waals surface area contributed by atoms with Crippen LogP contribution >= 0.6 is 0 Å². The third-order valence-corrected chi connectivity index (χ3v) is 40.2. The Labute approximate surface area is 551 Å². The van der Waals surface area contributed by atoms with E-state index in [-0.39, 0.29) is 0 Å². The highest BCUT2D eigenvalue weighted by Crippen LogP contribution is 2.40.